The number of hydrogen-bond acceptors (Lipinski definition) is 3. The largest absolute Gasteiger partial charge is 0.294 e. The lowest BCUT2D eigenvalue weighted by molar-refractivity contribution is 0.748. The average molecular weight is 419 g/mol. The molecule has 0 bridgehead atoms. The topological polar surface area (TPSA) is 58.7 Å². The van der Waals surface area contributed by atoms with Crippen LogP contribution in [0.3, 0.4) is 0 Å². The van der Waals surface area contributed by atoms with Gasteiger partial charge in [-0.3, -0.25) is 9.36 Å². The Kier molecular flexibility index (Phi) is 4.10. The fourth-order valence-corrected chi connectivity index (χ4v) is 3.52. The smallest absolute Gasteiger partial charge is 0.261 e. The predicted octanol–water partition coefficient (Wildman–Crippen LogP) is 3.84. The van der Waals surface area contributed by atoms with E-state index in [1.807, 2.05) is 18.2 Å². The van der Waals surface area contributed by atoms with Crippen LogP contribution in [0.4, 0.5) is 0 Å². The molecule has 4 nitrogen and oxygen atoms in total. The lowest BCUT2D eigenvalue weighted by Gasteiger charge is -2.08. The zero-order valence-electron chi connectivity index (χ0n) is 11.3. The van der Waals surface area contributed by atoms with E-state index >= 15 is 0 Å². The fourth-order valence-electron chi connectivity index (χ4n) is 2.19. The van der Waals surface area contributed by atoms with Crippen LogP contribution in [0.1, 0.15) is 11.1 Å². The van der Waals surface area contributed by atoms with Crippen molar-refractivity contribution in [1.82, 2.24) is 9.55 Å². The third-order valence-corrected chi connectivity index (χ3v) is 4.34. The molecule has 0 amide bonds. The van der Waals surface area contributed by atoms with Crippen LogP contribution in [0.5, 0.6) is 0 Å². The number of nitrogens with zero attached hydrogens (tertiary/aromatic N) is 3. The summed E-state index contributed by atoms with van der Waals surface area (Å²) < 4.78 is 3.16. The van der Waals surface area contributed by atoms with E-state index in [0.29, 0.717) is 23.0 Å². The van der Waals surface area contributed by atoms with E-state index in [0.717, 1.165) is 14.5 Å². The van der Waals surface area contributed by atoms with E-state index in [1.165, 1.54) is 0 Å². The molecule has 0 N–H and O–H groups in total. The Hall–Kier alpha value is -1.97. The van der Waals surface area contributed by atoms with Crippen molar-refractivity contribution >= 4 is 42.8 Å². The molecule has 0 saturated carbocycles. The van der Waals surface area contributed by atoms with Gasteiger partial charge in [-0.15, -0.1) is 0 Å². The van der Waals surface area contributed by atoms with Gasteiger partial charge in [-0.2, -0.15) is 5.26 Å². The van der Waals surface area contributed by atoms with E-state index in [2.05, 4.69) is 42.9 Å². The van der Waals surface area contributed by atoms with Gasteiger partial charge in [0, 0.05) is 8.95 Å². The number of nitriles is 1. The van der Waals surface area contributed by atoms with Crippen molar-refractivity contribution in [1.29, 1.82) is 5.26 Å². The van der Waals surface area contributed by atoms with E-state index in [9.17, 15) is 4.79 Å². The zero-order valence-corrected chi connectivity index (χ0v) is 14.4. The van der Waals surface area contributed by atoms with Gasteiger partial charge in [0.25, 0.3) is 5.56 Å². The Morgan fingerprint density at radius 3 is 2.59 bits per heavy atom. The van der Waals surface area contributed by atoms with Crippen LogP contribution < -0.4 is 5.56 Å². The first-order valence-corrected chi connectivity index (χ1v) is 8.00. The lowest BCUT2D eigenvalue weighted by Crippen LogP contribution is -2.21. The van der Waals surface area contributed by atoms with Crippen molar-refractivity contribution in [2.75, 3.05) is 0 Å². The molecular formula is C16H9Br2N3O. The average Bonchev–Trinajstić information content (AvgIpc) is 2.51. The van der Waals surface area contributed by atoms with Gasteiger partial charge in [-0.1, -0.05) is 28.1 Å². The molecule has 3 rings (SSSR count). The number of benzene rings is 2. The third kappa shape index (κ3) is 2.82. The third-order valence-electron chi connectivity index (χ3n) is 3.28. The molecule has 0 radical (unpaired) electrons. The molecule has 0 unspecified atom stereocenters. The molecule has 0 atom stereocenters. The summed E-state index contributed by atoms with van der Waals surface area (Å²) in [6, 6.07) is 12.9. The Morgan fingerprint density at radius 2 is 1.91 bits per heavy atom. The van der Waals surface area contributed by atoms with E-state index in [4.69, 9.17) is 5.26 Å². The van der Waals surface area contributed by atoms with E-state index < -0.39 is 0 Å². The Bertz CT molecular complexity index is 956. The molecule has 0 fully saturated rings. The van der Waals surface area contributed by atoms with Crippen molar-refractivity contribution < 1.29 is 0 Å². The lowest BCUT2D eigenvalue weighted by atomic mass is 10.1. The molecular weight excluding hydrogens is 410 g/mol. The maximum Gasteiger partial charge on any atom is 0.261 e. The molecule has 2 aromatic carbocycles. The fraction of sp³-hybridized carbons (Fsp3) is 0.0625. The second kappa shape index (κ2) is 6.03. The maximum absolute atomic E-state index is 12.6. The first kappa shape index (κ1) is 14.9. The first-order valence-electron chi connectivity index (χ1n) is 6.42. The van der Waals surface area contributed by atoms with Crippen LogP contribution in [0, 0.1) is 11.3 Å². The van der Waals surface area contributed by atoms with E-state index in [1.54, 1.807) is 29.1 Å². The van der Waals surface area contributed by atoms with Gasteiger partial charge >= 0.3 is 0 Å². The van der Waals surface area contributed by atoms with Crippen molar-refractivity contribution in [3.05, 3.63) is 73.2 Å². The summed E-state index contributed by atoms with van der Waals surface area (Å²) in [5.41, 5.74) is 2.08. The number of fused-ring (bicyclic) bond motifs is 1. The molecule has 0 aliphatic heterocycles. The molecule has 0 aliphatic rings. The minimum Gasteiger partial charge on any atom is -0.294 e. The number of aromatic nitrogens is 2. The second-order valence-corrected chi connectivity index (χ2v) is 6.54. The van der Waals surface area contributed by atoms with Crippen LogP contribution in [0.2, 0.25) is 0 Å². The van der Waals surface area contributed by atoms with Gasteiger partial charge in [0.15, 0.2) is 0 Å². The highest BCUT2D eigenvalue weighted by Crippen LogP contribution is 2.24. The summed E-state index contributed by atoms with van der Waals surface area (Å²) in [6.45, 7) is 0.414. The number of rotatable bonds is 2. The van der Waals surface area contributed by atoms with Gasteiger partial charge < -0.3 is 0 Å². The summed E-state index contributed by atoms with van der Waals surface area (Å²) in [4.78, 5) is 16.9. The molecule has 1 heterocycles. The summed E-state index contributed by atoms with van der Waals surface area (Å²) in [5.74, 6) is 0. The van der Waals surface area contributed by atoms with Crippen LogP contribution in [0.25, 0.3) is 10.9 Å². The van der Waals surface area contributed by atoms with Gasteiger partial charge in [-0.25, -0.2) is 4.98 Å². The summed E-state index contributed by atoms with van der Waals surface area (Å²) >= 11 is 6.81. The van der Waals surface area contributed by atoms with Crippen LogP contribution in [-0.4, -0.2) is 9.55 Å². The highest BCUT2D eigenvalue weighted by atomic mass is 79.9. The van der Waals surface area contributed by atoms with Gasteiger partial charge in [-0.05, 0) is 45.8 Å². The molecule has 22 heavy (non-hydrogen) atoms. The van der Waals surface area contributed by atoms with Crippen LogP contribution in [-0.2, 0) is 6.54 Å². The molecule has 0 saturated heterocycles. The van der Waals surface area contributed by atoms with Crippen molar-refractivity contribution in [3.63, 3.8) is 0 Å². The standard InChI is InChI=1S/C16H9Br2N3O/c17-12-5-13-15(14(18)6-12)20-9-21(16(13)22)8-11-3-1-10(7-19)2-4-11/h1-6,9H,8H2. The van der Waals surface area contributed by atoms with Gasteiger partial charge in [0.05, 0.1) is 35.4 Å². The SMILES string of the molecule is N#Cc1ccc(Cn2cnc3c(Br)cc(Br)cc3c2=O)cc1. The zero-order chi connectivity index (χ0) is 15.7. The van der Waals surface area contributed by atoms with E-state index in [-0.39, 0.29) is 5.56 Å². The summed E-state index contributed by atoms with van der Waals surface area (Å²) in [6.07, 6.45) is 1.54. The Morgan fingerprint density at radius 1 is 1.18 bits per heavy atom. The second-order valence-electron chi connectivity index (χ2n) is 4.77. The molecule has 3 aromatic rings. The van der Waals surface area contributed by atoms with Crippen LogP contribution >= 0.6 is 31.9 Å². The normalized spacial score (nSPS) is 10.6. The number of halogens is 2. The molecule has 0 aliphatic carbocycles. The Balaban J connectivity index is 2.06. The monoisotopic (exact) mass is 417 g/mol. The molecule has 1 aromatic heterocycles. The maximum atomic E-state index is 12.6. The Labute approximate surface area is 143 Å². The quantitative estimate of drug-likeness (QED) is 0.635. The minimum atomic E-state index is -0.101. The molecule has 6 heteroatoms. The number of hydrogen-bond donors (Lipinski definition) is 0. The predicted molar refractivity (Wildman–Crippen MR) is 91.7 cm³/mol. The van der Waals surface area contributed by atoms with Gasteiger partial charge in [0.2, 0.25) is 0 Å². The van der Waals surface area contributed by atoms with Gasteiger partial charge in [0.1, 0.15) is 0 Å². The van der Waals surface area contributed by atoms with Crippen molar-refractivity contribution in [2.45, 2.75) is 6.54 Å². The minimum absolute atomic E-state index is 0.101. The van der Waals surface area contributed by atoms with Crippen molar-refractivity contribution in [3.8, 4) is 6.07 Å². The van der Waals surface area contributed by atoms with Crippen molar-refractivity contribution in [2.24, 2.45) is 0 Å². The summed E-state index contributed by atoms with van der Waals surface area (Å²) in [5, 5.41) is 9.36. The first-order chi connectivity index (χ1) is 10.6. The summed E-state index contributed by atoms with van der Waals surface area (Å²) in [7, 11) is 0. The highest BCUT2D eigenvalue weighted by Gasteiger charge is 2.09. The highest BCUT2D eigenvalue weighted by molar-refractivity contribution is 9.11. The van der Waals surface area contributed by atoms with Crippen LogP contribution in [0.15, 0.2) is 56.5 Å². The molecule has 0 spiro atoms. The molecule has 108 valence electrons.